The summed E-state index contributed by atoms with van der Waals surface area (Å²) in [6, 6.07) is 0. The van der Waals surface area contributed by atoms with Crippen LogP contribution in [0.4, 0.5) is 26.3 Å². The Kier molecular flexibility index (Phi) is 80.6. The molecular formula is C46H96F6O69P17-17. The first-order chi connectivity index (χ1) is 62.7. The van der Waals surface area contributed by atoms with Crippen molar-refractivity contribution in [2.75, 3.05) is 238 Å². The van der Waals surface area contributed by atoms with Crippen LogP contribution in [-0.4, -0.2) is 268 Å². The molecule has 0 bridgehead atoms. The predicted molar refractivity (Wildman–Crippen MR) is 400 cm³/mol. The molecule has 6 N–H and O–H groups in total. The summed E-state index contributed by atoms with van der Waals surface area (Å²) < 4.78 is 383. The van der Waals surface area contributed by atoms with Crippen LogP contribution >= 0.6 is 133 Å². The summed E-state index contributed by atoms with van der Waals surface area (Å²) in [5.41, 5.74) is 0. The third-order valence-electron chi connectivity index (χ3n) is 11.7. The van der Waals surface area contributed by atoms with Crippen LogP contribution < -0.4 is 83.2 Å². The van der Waals surface area contributed by atoms with Crippen LogP contribution in [0.3, 0.4) is 0 Å². The molecule has 0 heterocycles. The van der Waals surface area contributed by atoms with Gasteiger partial charge in [0.25, 0.3) is 133 Å². The van der Waals surface area contributed by atoms with Crippen molar-refractivity contribution in [2.24, 2.45) is 35.5 Å². The number of aliphatic hydroxyl groups excluding tert-OH is 1. The molecule has 0 spiro atoms. The average Bonchev–Trinajstić information content (AvgIpc) is 0.901. The van der Waals surface area contributed by atoms with E-state index in [1.165, 1.54) is 27.7 Å². The molecule has 0 aliphatic carbocycles. The van der Waals surface area contributed by atoms with Crippen molar-refractivity contribution in [3.63, 3.8) is 0 Å². The van der Waals surface area contributed by atoms with Gasteiger partial charge in [-0.15, -0.1) is 0 Å². The molecule has 23 unspecified atom stereocenters. The highest BCUT2D eigenvalue weighted by molar-refractivity contribution is 7.49. The van der Waals surface area contributed by atoms with E-state index >= 15 is 0 Å². The maximum atomic E-state index is 12.8. The lowest BCUT2D eigenvalue weighted by Crippen LogP contribution is -2.21. The Morgan fingerprint density at radius 3 is 0.399 bits per heavy atom. The second-order valence-corrected chi connectivity index (χ2v) is 47.3. The quantitative estimate of drug-likeness (QED) is 0.0187. The van der Waals surface area contributed by atoms with Crippen molar-refractivity contribution in [2.45, 2.75) is 27.7 Å². The van der Waals surface area contributed by atoms with E-state index < -0.39 is 380 Å². The van der Waals surface area contributed by atoms with Crippen molar-refractivity contribution in [1.82, 2.24) is 0 Å². The Hall–Kier alpha value is 1.41. The fraction of sp³-hybridized carbons (Fsp3) is 1.00. The Balaban J connectivity index is -0.000000684. The highest BCUT2D eigenvalue weighted by Crippen LogP contribution is 2.49. The average molecular weight is 2390 g/mol. The number of phosphoric acid groups is 17. The molecule has 0 aliphatic heterocycles. The van der Waals surface area contributed by atoms with Gasteiger partial charge in [0.1, 0.15) is 0 Å². The molecule has 0 saturated heterocycles. The first-order valence-electron chi connectivity index (χ1n) is 36.3. The van der Waals surface area contributed by atoms with E-state index in [0.717, 1.165) is 0 Å². The predicted octanol–water partition coefficient (Wildman–Crippen LogP) is -6.08. The third kappa shape index (κ3) is 105. The van der Waals surface area contributed by atoms with Gasteiger partial charge in [0.2, 0.25) is 0 Å². The van der Waals surface area contributed by atoms with Crippen molar-refractivity contribution < 1.29 is 348 Å². The molecule has 138 heavy (non-hydrogen) atoms. The largest absolute Gasteiger partial charge is 0.756 e. The first-order valence-corrected chi connectivity index (χ1v) is 61.3. The van der Waals surface area contributed by atoms with Crippen LogP contribution in [0, 0.1) is 35.5 Å². The minimum absolute atomic E-state index is 0.377. The van der Waals surface area contributed by atoms with E-state index in [0.29, 0.717) is 0 Å². The minimum atomic E-state index is -5.28. The molecule has 0 aliphatic rings. The monoisotopic (exact) mass is 2390 g/mol. The van der Waals surface area contributed by atoms with Gasteiger partial charge in [-0.3, -0.25) is 104 Å². The van der Waals surface area contributed by atoms with E-state index in [1.54, 1.807) is 0 Å². The SMILES string of the molecule is CC(CF)COP(=O)([O-])OCCOP(=O)([O-])O.CC(CF)COP(=O)([O-])OCCOP(=O)([O-])O.CC(CF)COP(=O)([O-])OCCOP(=O)([O-])O.CC(CF)COP(=O)([O-])OCCOP(=O)([O-])O.O=P([O-])(O)OCC(CF)COP(=O)([O-])OCCOP(=O)([O-])OCCOP(=O)([O-])OCCOP(=O)([O-])OCCOP(=O)([O-])OCCOP(=O)([O-])OCCOP(=O)([O-])OCCOP(=O)([O-])OCC(CO)CF. The van der Waals surface area contributed by atoms with Crippen molar-refractivity contribution in [3.8, 4) is 0 Å². The molecule has 0 aromatic rings. The van der Waals surface area contributed by atoms with Gasteiger partial charge >= 0.3 is 0 Å². The topological polar surface area (TPSA) is 1070 Å². The van der Waals surface area contributed by atoms with Gasteiger partial charge in [-0.05, 0) is 0 Å². The van der Waals surface area contributed by atoms with Crippen LogP contribution in [0.1, 0.15) is 27.7 Å². The number of hydrogen-bond acceptors (Lipinski definition) is 64. The number of rotatable bonds is 83. The summed E-state index contributed by atoms with van der Waals surface area (Å²) in [4.78, 5) is 230. The number of phosphoric ester groups is 17. The molecule has 0 radical (unpaired) electrons. The fourth-order valence-electron chi connectivity index (χ4n) is 5.67. The highest BCUT2D eigenvalue weighted by Gasteiger charge is 2.25. The lowest BCUT2D eigenvalue weighted by molar-refractivity contribution is -0.238. The summed E-state index contributed by atoms with van der Waals surface area (Å²) in [6.45, 7) is -24.3. The maximum absolute atomic E-state index is 12.8. The summed E-state index contributed by atoms with van der Waals surface area (Å²) in [5, 5.41) is 8.79. The number of hydrogen-bond donors (Lipinski definition) is 6. The second-order valence-electron chi connectivity index (χ2n) is 24.4. The van der Waals surface area contributed by atoms with Gasteiger partial charge < -0.3 is 244 Å². The smallest absolute Gasteiger partial charge is 0.268 e. The molecule has 838 valence electrons. The van der Waals surface area contributed by atoms with E-state index in [9.17, 15) is 187 Å². The first kappa shape index (κ1) is 148. The van der Waals surface area contributed by atoms with Crippen molar-refractivity contribution >= 4 is 133 Å². The molecule has 69 nitrogen and oxygen atoms in total. The minimum Gasteiger partial charge on any atom is -0.756 e. The molecule has 0 aromatic heterocycles. The fourth-order valence-corrected chi connectivity index (χ4v) is 16.1. The standard InChI is InChI=1S/C22H53F2O37P9.4C6H15FO8P2/c23-15-21(17-25)18-60-69(41,42)57-13-11-55-67(37,38)53-9-7-51-65(33,34)49-5-3-47-63(29,30)45-1-2-46-64(31,32)48-4-6-50-66(35,36)52-8-10-54-68(39,40)56-12-14-58-70(43,44)61-20-22(16-24)19-59-62(26,27)28;4*1-6(4-7)5-15-17(11,12)14-3-2-13-16(8,9)10/h21-22,25H,1-20H2,(H,29,30)(H,31,32)(H,33,34)(H,35,36)(H,37,38)(H,39,40)(H,41,42)(H,43,44)(H2,26,27,28);4*6H,2-5H2,1H3,(H,11,12)(H2,8,9,10)/p-17. The van der Waals surface area contributed by atoms with Gasteiger partial charge in [-0.1, -0.05) is 27.7 Å². The van der Waals surface area contributed by atoms with Crippen LogP contribution in [-0.2, 0) is 209 Å². The van der Waals surface area contributed by atoms with Crippen molar-refractivity contribution in [3.05, 3.63) is 0 Å². The zero-order valence-corrected chi connectivity index (χ0v) is 86.4. The summed E-state index contributed by atoms with van der Waals surface area (Å²) in [6.07, 6.45) is 0. The Morgan fingerprint density at radius 1 is 0.174 bits per heavy atom. The zero-order chi connectivity index (χ0) is 108. The van der Waals surface area contributed by atoms with Gasteiger partial charge in [0.05, 0.1) is 238 Å². The van der Waals surface area contributed by atoms with Crippen LogP contribution in [0.5, 0.6) is 0 Å². The molecule has 0 saturated carbocycles. The maximum Gasteiger partial charge on any atom is 0.268 e. The van der Waals surface area contributed by atoms with E-state index in [2.05, 4.69) is 131 Å². The lowest BCUT2D eigenvalue weighted by atomic mass is 10.2. The molecular weight excluding hydrogens is 2300 g/mol. The van der Waals surface area contributed by atoms with Crippen LogP contribution in [0.15, 0.2) is 0 Å². The molecule has 92 heteroatoms. The highest BCUT2D eigenvalue weighted by atomic mass is 31.2. The van der Waals surface area contributed by atoms with Crippen LogP contribution in [0.25, 0.3) is 0 Å². The Bertz CT molecular complexity index is 3880. The van der Waals surface area contributed by atoms with Crippen molar-refractivity contribution in [1.29, 1.82) is 0 Å². The van der Waals surface area contributed by atoms with Crippen LogP contribution in [0.2, 0.25) is 0 Å². The molecule has 0 fully saturated rings. The molecule has 0 amide bonds. The Morgan fingerprint density at radius 2 is 0.283 bits per heavy atom. The number of alkyl halides is 6. The van der Waals surface area contributed by atoms with Gasteiger partial charge in [-0.25, -0.2) is 0 Å². The third-order valence-corrected chi connectivity index (χ3v) is 25.9. The lowest BCUT2D eigenvalue weighted by Gasteiger charge is -2.27. The number of aliphatic hydroxyl groups is 1. The van der Waals surface area contributed by atoms with Gasteiger partial charge in [-0.2, -0.15) is 0 Å². The van der Waals surface area contributed by atoms with E-state index in [4.69, 9.17) is 29.6 Å². The second kappa shape index (κ2) is 75.2. The summed E-state index contributed by atoms with van der Waals surface area (Å²) in [7, 11) is -85.0. The van der Waals surface area contributed by atoms with E-state index in [-0.39, 0.29) is 26.4 Å². The molecule has 23 atom stereocenters. The summed E-state index contributed by atoms with van der Waals surface area (Å²) in [5.74, 6) is -5.05. The molecule has 0 aromatic carbocycles. The van der Waals surface area contributed by atoms with Gasteiger partial charge in [0, 0.05) is 35.5 Å². The number of halogens is 6. The Labute approximate surface area is 779 Å². The van der Waals surface area contributed by atoms with E-state index in [1.807, 2.05) is 0 Å². The zero-order valence-electron chi connectivity index (χ0n) is 71.2. The normalized spacial score (nSPS) is 20.8. The van der Waals surface area contributed by atoms with Gasteiger partial charge in [0.15, 0.2) is 0 Å². The summed E-state index contributed by atoms with van der Waals surface area (Å²) >= 11 is 0. The molecule has 0 rings (SSSR count).